The van der Waals surface area contributed by atoms with Gasteiger partial charge in [-0.05, 0) is 24.1 Å². The number of carbonyl (C=O) groups excluding carboxylic acids is 1. The molecule has 1 atom stereocenters. The second-order valence-corrected chi connectivity index (χ2v) is 4.49. The molecule has 0 radical (unpaired) electrons. The quantitative estimate of drug-likeness (QED) is 0.646. The van der Waals surface area contributed by atoms with Crippen LogP contribution in [-0.4, -0.2) is 19.3 Å². The number of alkyl halides is 3. The van der Waals surface area contributed by atoms with E-state index in [-0.39, 0.29) is 12.2 Å². The third kappa shape index (κ3) is 5.53. The molecule has 1 rings (SSSR count). The highest BCUT2D eigenvalue weighted by atomic mass is 35.5. The summed E-state index contributed by atoms with van der Waals surface area (Å²) in [4.78, 5) is 12.9. The lowest BCUT2D eigenvalue weighted by atomic mass is 10.0. The Labute approximate surface area is 125 Å². The molecular weight excluding hydrogens is 311 g/mol. The molecule has 0 aliphatic heterocycles. The Morgan fingerprint density at radius 3 is 2.62 bits per heavy atom. The van der Waals surface area contributed by atoms with Crippen LogP contribution in [0.2, 0.25) is 0 Å². The Morgan fingerprint density at radius 2 is 2.10 bits per heavy atom. The van der Waals surface area contributed by atoms with Crippen LogP contribution in [0.3, 0.4) is 0 Å². The molecule has 1 aromatic carbocycles. The Morgan fingerprint density at radius 1 is 1.43 bits per heavy atom. The van der Waals surface area contributed by atoms with E-state index in [1.807, 2.05) is 0 Å². The van der Waals surface area contributed by atoms with Crippen molar-refractivity contribution >= 4 is 17.7 Å². The van der Waals surface area contributed by atoms with Gasteiger partial charge in [-0.25, -0.2) is 0 Å². The zero-order valence-electron chi connectivity index (χ0n) is 11.5. The van der Waals surface area contributed by atoms with Gasteiger partial charge in [0.05, 0.1) is 18.6 Å². The fourth-order valence-corrected chi connectivity index (χ4v) is 1.69. The SMILES string of the molecule is COC(C)OCc1ccc(CC(=O)NCl)c(C(F)(F)F)c1. The van der Waals surface area contributed by atoms with E-state index >= 15 is 0 Å². The van der Waals surface area contributed by atoms with E-state index in [1.165, 1.54) is 19.2 Å². The maximum absolute atomic E-state index is 13.0. The van der Waals surface area contributed by atoms with Crippen LogP contribution in [0, 0.1) is 0 Å². The summed E-state index contributed by atoms with van der Waals surface area (Å²) in [7, 11) is 1.43. The summed E-state index contributed by atoms with van der Waals surface area (Å²) in [6.45, 7) is 1.60. The molecule has 0 heterocycles. The summed E-state index contributed by atoms with van der Waals surface area (Å²) < 4.78 is 49.1. The van der Waals surface area contributed by atoms with Crippen LogP contribution in [0.1, 0.15) is 23.6 Å². The first-order valence-corrected chi connectivity index (χ1v) is 6.38. The molecule has 0 saturated heterocycles. The summed E-state index contributed by atoms with van der Waals surface area (Å²) in [6, 6.07) is 3.67. The number of halogens is 4. The van der Waals surface area contributed by atoms with Gasteiger partial charge in [0.2, 0.25) is 5.91 Å². The third-order valence-corrected chi connectivity index (χ3v) is 2.96. The molecule has 0 saturated carbocycles. The molecule has 1 amide bonds. The van der Waals surface area contributed by atoms with Gasteiger partial charge in [0, 0.05) is 18.9 Å². The van der Waals surface area contributed by atoms with Crippen molar-refractivity contribution in [1.82, 2.24) is 4.84 Å². The molecule has 8 heteroatoms. The van der Waals surface area contributed by atoms with E-state index in [4.69, 9.17) is 21.3 Å². The smallest absolute Gasteiger partial charge is 0.356 e. The second-order valence-electron chi connectivity index (χ2n) is 4.30. The lowest BCUT2D eigenvalue weighted by Crippen LogP contribution is -2.19. The average molecular weight is 326 g/mol. The van der Waals surface area contributed by atoms with Crippen LogP contribution < -0.4 is 4.84 Å². The fraction of sp³-hybridized carbons (Fsp3) is 0.462. The summed E-state index contributed by atoms with van der Waals surface area (Å²) in [5.74, 6) is -0.709. The lowest BCUT2D eigenvalue weighted by Gasteiger charge is -2.15. The minimum atomic E-state index is -4.56. The van der Waals surface area contributed by atoms with E-state index in [2.05, 4.69) is 0 Å². The van der Waals surface area contributed by atoms with E-state index in [1.54, 1.807) is 11.8 Å². The highest BCUT2D eigenvalue weighted by Crippen LogP contribution is 2.33. The number of carbonyl (C=O) groups is 1. The first-order valence-electron chi connectivity index (χ1n) is 6.00. The number of hydrogen-bond donors (Lipinski definition) is 1. The molecule has 0 aliphatic rings. The molecule has 0 bridgehead atoms. The molecule has 0 spiro atoms. The number of methoxy groups -OCH3 is 1. The number of nitrogens with one attached hydrogen (secondary N) is 1. The van der Waals surface area contributed by atoms with Crippen molar-refractivity contribution in [3.8, 4) is 0 Å². The van der Waals surface area contributed by atoms with Crippen molar-refractivity contribution in [2.75, 3.05) is 7.11 Å². The minimum absolute atomic E-state index is 0.0277. The number of hydrogen-bond acceptors (Lipinski definition) is 3. The average Bonchev–Trinajstić information content (AvgIpc) is 2.44. The summed E-state index contributed by atoms with van der Waals surface area (Å²) in [5, 5.41) is 0. The number of rotatable bonds is 6. The number of amides is 1. The largest absolute Gasteiger partial charge is 0.416 e. The lowest BCUT2D eigenvalue weighted by molar-refractivity contribution is -0.138. The third-order valence-electron chi connectivity index (χ3n) is 2.75. The predicted octanol–water partition coefficient (Wildman–Crippen LogP) is 3.03. The van der Waals surface area contributed by atoms with Crippen molar-refractivity contribution in [3.63, 3.8) is 0 Å². The van der Waals surface area contributed by atoms with Gasteiger partial charge in [0.25, 0.3) is 0 Å². The summed E-state index contributed by atoms with van der Waals surface area (Å²) in [6.07, 6.45) is -5.54. The van der Waals surface area contributed by atoms with Gasteiger partial charge in [0.15, 0.2) is 6.29 Å². The minimum Gasteiger partial charge on any atom is -0.356 e. The van der Waals surface area contributed by atoms with Crippen LogP contribution in [0.5, 0.6) is 0 Å². The Hall–Kier alpha value is -1.31. The van der Waals surface area contributed by atoms with Crippen molar-refractivity contribution in [2.45, 2.75) is 32.4 Å². The van der Waals surface area contributed by atoms with E-state index in [0.29, 0.717) is 5.56 Å². The molecule has 0 aliphatic carbocycles. The first-order chi connectivity index (χ1) is 9.77. The normalized spacial score (nSPS) is 13.0. The van der Waals surface area contributed by atoms with Gasteiger partial charge in [-0.15, -0.1) is 0 Å². The second kappa shape index (κ2) is 7.63. The Balaban J connectivity index is 2.99. The van der Waals surface area contributed by atoms with E-state index < -0.39 is 30.4 Å². The van der Waals surface area contributed by atoms with Gasteiger partial charge < -0.3 is 9.47 Å². The number of benzene rings is 1. The van der Waals surface area contributed by atoms with Crippen molar-refractivity contribution in [3.05, 3.63) is 34.9 Å². The van der Waals surface area contributed by atoms with Crippen LogP contribution >= 0.6 is 11.8 Å². The van der Waals surface area contributed by atoms with Gasteiger partial charge in [-0.3, -0.25) is 9.63 Å². The van der Waals surface area contributed by atoms with Crippen molar-refractivity contribution in [1.29, 1.82) is 0 Å². The maximum Gasteiger partial charge on any atom is 0.416 e. The molecule has 0 aromatic heterocycles. The molecule has 1 N–H and O–H groups in total. The molecule has 1 unspecified atom stereocenters. The van der Waals surface area contributed by atoms with Gasteiger partial charge in [-0.1, -0.05) is 12.1 Å². The van der Waals surface area contributed by atoms with Gasteiger partial charge in [-0.2, -0.15) is 13.2 Å². The zero-order chi connectivity index (χ0) is 16.0. The topological polar surface area (TPSA) is 47.6 Å². The molecule has 0 fully saturated rings. The van der Waals surface area contributed by atoms with E-state index in [0.717, 1.165) is 6.07 Å². The van der Waals surface area contributed by atoms with Crippen molar-refractivity contribution < 1.29 is 27.4 Å². The Bertz CT molecular complexity index is 494. The van der Waals surface area contributed by atoms with Crippen molar-refractivity contribution in [2.24, 2.45) is 0 Å². The molecule has 1 aromatic rings. The van der Waals surface area contributed by atoms with Crippen LogP contribution in [0.4, 0.5) is 13.2 Å². The van der Waals surface area contributed by atoms with Crippen LogP contribution in [0.25, 0.3) is 0 Å². The molecule has 118 valence electrons. The molecule has 4 nitrogen and oxygen atoms in total. The van der Waals surface area contributed by atoms with Crippen LogP contribution in [-0.2, 0) is 33.5 Å². The highest BCUT2D eigenvalue weighted by molar-refractivity contribution is 6.21. The highest BCUT2D eigenvalue weighted by Gasteiger charge is 2.34. The molecule has 21 heavy (non-hydrogen) atoms. The predicted molar refractivity (Wildman–Crippen MR) is 70.4 cm³/mol. The van der Waals surface area contributed by atoms with Gasteiger partial charge in [0.1, 0.15) is 0 Å². The summed E-state index contributed by atoms with van der Waals surface area (Å²) >= 11 is 5.09. The fourth-order valence-electron chi connectivity index (χ4n) is 1.62. The monoisotopic (exact) mass is 325 g/mol. The first kappa shape index (κ1) is 17.7. The van der Waals surface area contributed by atoms with Crippen LogP contribution in [0.15, 0.2) is 18.2 Å². The van der Waals surface area contributed by atoms with Gasteiger partial charge >= 0.3 is 6.18 Å². The number of ether oxygens (including phenoxy) is 2. The zero-order valence-corrected chi connectivity index (χ0v) is 12.2. The van der Waals surface area contributed by atoms with E-state index in [9.17, 15) is 18.0 Å². The Kier molecular flexibility index (Phi) is 6.44. The maximum atomic E-state index is 13.0. The standard InChI is InChI=1S/C13H15ClF3NO3/c1-8(20-2)21-7-9-3-4-10(6-12(19)18-14)11(5-9)13(15,16)17/h3-5,8H,6-7H2,1-2H3,(H,18,19). The molecular formula is C13H15ClF3NO3. The summed E-state index contributed by atoms with van der Waals surface area (Å²) in [5.41, 5.74) is -0.695.